The highest BCUT2D eigenvalue weighted by atomic mass is 35.5. The van der Waals surface area contributed by atoms with Gasteiger partial charge in [0.25, 0.3) is 0 Å². The van der Waals surface area contributed by atoms with E-state index in [4.69, 9.17) is 11.6 Å². The predicted octanol–water partition coefficient (Wildman–Crippen LogP) is 2.78. The van der Waals surface area contributed by atoms with Gasteiger partial charge in [-0.15, -0.1) is 0 Å². The van der Waals surface area contributed by atoms with E-state index in [2.05, 4.69) is 5.10 Å². The van der Waals surface area contributed by atoms with E-state index in [1.807, 2.05) is 0 Å². The van der Waals surface area contributed by atoms with Gasteiger partial charge in [-0.05, 0) is 17.7 Å². The fourth-order valence-corrected chi connectivity index (χ4v) is 1.91. The van der Waals surface area contributed by atoms with Gasteiger partial charge >= 0.3 is 0 Å². The number of ketones is 1. The van der Waals surface area contributed by atoms with Gasteiger partial charge in [-0.25, -0.2) is 8.78 Å². The summed E-state index contributed by atoms with van der Waals surface area (Å²) in [4.78, 5) is 12.0. The number of carbonyl (C=O) groups is 1. The van der Waals surface area contributed by atoms with Crippen molar-refractivity contribution in [3.8, 4) is 0 Å². The summed E-state index contributed by atoms with van der Waals surface area (Å²) in [6, 6.07) is 3.35. The Morgan fingerprint density at radius 2 is 2.11 bits per heavy atom. The van der Waals surface area contributed by atoms with E-state index < -0.39 is 11.6 Å². The lowest BCUT2D eigenvalue weighted by Crippen LogP contribution is -2.10. The minimum atomic E-state index is -0.976. The van der Waals surface area contributed by atoms with Gasteiger partial charge < -0.3 is 0 Å². The normalized spacial score (nSPS) is 10.7. The lowest BCUT2D eigenvalue weighted by atomic mass is 10.1. The van der Waals surface area contributed by atoms with Crippen LogP contribution in [0.1, 0.15) is 16.1 Å². The Labute approximate surface area is 107 Å². The second kappa shape index (κ2) is 4.86. The first-order valence-electron chi connectivity index (χ1n) is 5.13. The second-order valence-electron chi connectivity index (χ2n) is 3.81. The molecule has 0 aliphatic carbocycles. The Hall–Kier alpha value is -1.75. The van der Waals surface area contributed by atoms with Crippen molar-refractivity contribution in [2.24, 2.45) is 7.05 Å². The molecule has 6 heteroatoms. The van der Waals surface area contributed by atoms with Crippen LogP contribution in [0.15, 0.2) is 24.4 Å². The summed E-state index contributed by atoms with van der Waals surface area (Å²) in [6.45, 7) is 0. The first kappa shape index (κ1) is 12.7. The monoisotopic (exact) mass is 270 g/mol. The van der Waals surface area contributed by atoms with Gasteiger partial charge in [0, 0.05) is 13.5 Å². The maximum absolute atomic E-state index is 13.0. The SMILES string of the molecule is Cn1ncc(Cl)c1C(=O)Cc1ccc(F)c(F)c1. The summed E-state index contributed by atoms with van der Waals surface area (Å²) in [7, 11) is 1.59. The molecule has 2 rings (SSSR count). The van der Waals surface area contributed by atoms with Gasteiger partial charge in [0.15, 0.2) is 17.4 Å². The Bertz CT molecular complexity index is 591. The molecule has 0 spiro atoms. The summed E-state index contributed by atoms with van der Waals surface area (Å²) in [5.41, 5.74) is 0.637. The summed E-state index contributed by atoms with van der Waals surface area (Å²) >= 11 is 5.82. The fraction of sp³-hybridized carbons (Fsp3) is 0.167. The molecule has 1 aromatic heterocycles. The first-order chi connectivity index (χ1) is 8.49. The third kappa shape index (κ3) is 2.41. The highest BCUT2D eigenvalue weighted by Gasteiger charge is 2.16. The number of halogens is 3. The van der Waals surface area contributed by atoms with Crippen molar-refractivity contribution >= 4 is 17.4 Å². The van der Waals surface area contributed by atoms with Crippen LogP contribution in [0.25, 0.3) is 0 Å². The van der Waals surface area contributed by atoms with Crippen molar-refractivity contribution in [1.82, 2.24) is 9.78 Å². The van der Waals surface area contributed by atoms with Crippen molar-refractivity contribution in [3.63, 3.8) is 0 Å². The molecule has 0 unspecified atom stereocenters. The van der Waals surface area contributed by atoms with E-state index in [-0.39, 0.29) is 22.9 Å². The van der Waals surface area contributed by atoms with Gasteiger partial charge in [0.1, 0.15) is 5.69 Å². The average molecular weight is 271 g/mol. The molecule has 0 amide bonds. The predicted molar refractivity (Wildman–Crippen MR) is 62.6 cm³/mol. The number of Topliss-reactive ketones (excluding diaryl/α,β-unsaturated/α-hetero) is 1. The summed E-state index contributed by atoms with van der Waals surface area (Å²) < 4.78 is 27.1. The van der Waals surface area contributed by atoms with Crippen molar-refractivity contribution in [2.45, 2.75) is 6.42 Å². The highest BCUT2D eigenvalue weighted by Crippen LogP contribution is 2.17. The molecule has 0 saturated heterocycles. The molecule has 0 radical (unpaired) electrons. The molecular formula is C12H9ClF2N2O. The minimum absolute atomic E-state index is 0.0591. The maximum Gasteiger partial charge on any atom is 0.186 e. The molecule has 0 aliphatic heterocycles. The lowest BCUT2D eigenvalue weighted by molar-refractivity contribution is 0.0984. The van der Waals surface area contributed by atoms with E-state index >= 15 is 0 Å². The molecule has 1 aromatic carbocycles. The van der Waals surface area contributed by atoms with Crippen molar-refractivity contribution in [3.05, 3.63) is 52.3 Å². The number of hydrogen-bond acceptors (Lipinski definition) is 2. The zero-order chi connectivity index (χ0) is 13.3. The number of benzene rings is 1. The van der Waals surface area contributed by atoms with Gasteiger partial charge in [0.05, 0.1) is 11.2 Å². The standard InChI is InChI=1S/C12H9ClF2N2O/c1-17-12(8(13)6-16-17)11(18)5-7-2-3-9(14)10(15)4-7/h2-4,6H,5H2,1H3. The second-order valence-corrected chi connectivity index (χ2v) is 4.22. The van der Waals surface area contributed by atoms with Crippen LogP contribution in [0.3, 0.4) is 0 Å². The molecule has 2 aromatic rings. The van der Waals surface area contributed by atoms with Crippen LogP contribution in [0.2, 0.25) is 5.02 Å². The molecule has 0 N–H and O–H groups in total. The molecule has 94 valence electrons. The van der Waals surface area contributed by atoms with Crippen LogP contribution in [0, 0.1) is 11.6 Å². The lowest BCUT2D eigenvalue weighted by Gasteiger charge is -2.03. The quantitative estimate of drug-likeness (QED) is 0.804. The van der Waals surface area contributed by atoms with Gasteiger partial charge in [-0.2, -0.15) is 5.10 Å². The van der Waals surface area contributed by atoms with Crippen molar-refractivity contribution in [2.75, 3.05) is 0 Å². The maximum atomic E-state index is 13.0. The molecule has 1 heterocycles. The van der Waals surface area contributed by atoms with E-state index in [0.717, 1.165) is 12.1 Å². The van der Waals surface area contributed by atoms with E-state index in [1.54, 1.807) is 7.05 Å². The van der Waals surface area contributed by atoms with Gasteiger partial charge in [-0.3, -0.25) is 9.48 Å². The van der Waals surface area contributed by atoms with Crippen molar-refractivity contribution in [1.29, 1.82) is 0 Å². The molecule has 0 atom stereocenters. The van der Waals surface area contributed by atoms with Crippen LogP contribution in [0.5, 0.6) is 0 Å². The van der Waals surface area contributed by atoms with Crippen LogP contribution < -0.4 is 0 Å². The van der Waals surface area contributed by atoms with Crippen LogP contribution in [-0.2, 0) is 13.5 Å². The van der Waals surface area contributed by atoms with Crippen LogP contribution in [-0.4, -0.2) is 15.6 Å². The minimum Gasteiger partial charge on any atom is -0.292 e. The Morgan fingerprint density at radius 3 is 2.67 bits per heavy atom. The number of aryl methyl sites for hydroxylation is 1. The number of aromatic nitrogens is 2. The van der Waals surface area contributed by atoms with Crippen LogP contribution in [0.4, 0.5) is 8.78 Å². The zero-order valence-electron chi connectivity index (χ0n) is 9.45. The van der Waals surface area contributed by atoms with Crippen molar-refractivity contribution < 1.29 is 13.6 Å². The van der Waals surface area contributed by atoms with E-state index in [1.165, 1.54) is 16.9 Å². The number of hydrogen-bond donors (Lipinski definition) is 0. The summed E-state index contributed by atoms with van der Waals surface area (Å²) in [6.07, 6.45) is 1.30. The molecule has 0 fully saturated rings. The Morgan fingerprint density at radius 1 is 1.39 bits per heavy atom. The summed E-state index contributed by atoms with van der Waals surface area (Å²) in [5.74, 6) is -2.22. The third-order valence-corrected chi connectivity index (χ3v) is 2.78. The molecule has 0 aliphatic rings. The highest BCUT2D eigenvalue weighted by molar-refractivity contribution is 6.33. The zero-order valence-corrected chi connectivity index (χ0v) is 10.2. The first-order valence-corrected chi connectivity index (χ1v) is 5.51. The number of rotatable bonds is 3. The molecule has 3 nitrogen and oxygen atoms in total. The largest absolute Gasteiger partial charge is 0.292 e. The Kier molecular flexibility index (Phi) is 3.43. The molecular weight excluding hydrogens is 262 g/mol. The van der Waals surface area contributed by atoms with E-state index in [0.29, 0.717) is 5.56 Å². The van der Waals surface area contributed by atoms with E-state index in [9.17, 15) is 13.6 Å². The van der Waals surface area contributed by atoms with Gasteiger partial charge in [0.2, 0.25) is 0 Å². The summed E-state index contributed by atoms with van der Waals surface area (Å²) in [5, 5.41) is 4.08. The third-order valence-electron chi connectivity index (χ3n) is 2.51. The van der Waals surface area contributed by atoms with Crippen LogP contribution >= 0.6 is 11.6 Å². The molecule has 0 bridgehead atoms. The number of carbonyl (C=O) groups excluding carboxylic acids is 1. The van der Waals surface area contributed by atoms with Gasteiger partial charge in [-0.1, -0.05) is 17.7 Å². The fourth-order valence-electron chi connectivity index (χ4n) is 1.64. The number of nitrogens with zero attached hydrogens (tertiary/aromatic N) is 2. The smallest absolute Gasteiger partial charge is 0.186 e. The molecule has 0 saturated carbocycles. The average Bonchev–Trinajstić information content (AvgIpc) is 2.64. The Balaban J connectivity index is 2.24. The topological polar surface area (TPSA) is 34.9 Å². The molecule has 18 heavy (non-hydrogen) atoms.